The fraction of sp³-hybridized carbons (Fsp3) is 0.462. The summed E-state index contributed by atoms with van der Waals surface area (Å²) in [6, 6.07) is 11.4. The first kappa shape index (κ1) is 27.8. The van der Waals surface area contributed by atoms with Crippen molar-refractivity contribution in [3.05, 3.63) is 58.6 Å². The molecule has 0 heterocycles. The second kappa shape index (κ2) is 12.0. The van der Waals surface area contributed by atoms with Crippen LogP contribution in [0.3, 0.4) is 0 Å². The summed E-state index contributed by atoms with van der Waals surface area (Å²) in [5.74, 6) is -0.144. The van der Waals surface area contributed by atoms with Crippen LogP contribution >= 0.6 is 11.6 Å². The summed E-state index contributed by atoms with van der Waals surface area (Å²) in [6.07, 6.45) is 5.00. The number of nitrogens with zero attached hydrogens (tertiary/aromatic N) is 2. The Morgan fingerprint density at radius 3 is 2.50 bits per heavy atom. The third-order valence-electron chi connectivity index (χ3n) is 6.47. The lowest BCUT2D eigenvalue weighted by Gasteiger charge is -2.32. The number of nitrogens with one attached hydrogen (secondary N) is 1. The third-order valence-corrected chi connectivity index (χ3v) is 7.84. The van der Waals surface area contributed by atoms with Gasteiger partial charge in [0, 0.05) is 17.6 Å². The van der Waals surface area contributed by atoms with E-state index in [0.717, 1.165) is 41.8 Å². The number of aryl methyl sites for hydroxylation is 1. The maximum Gasteiger partial charge on any atom is 0.244 e. The summed E-state index contributed by atoms with van der Waals surface area (Å²) in [5, 5.41) is 3.40. The Bertz CT molecular complexity index is 1200. The summed E-state index contributed by atoms with van der Waals surface area (Å²) in [6.45, 7) is 3.06. The van der Waals surface area contributed by atoms with Gasteiger partial charge in [0.25, 0.3) is 0 Å². The number of carbonyl (C=O) groups excluding carboxylic acids is 2. The van der Waals surface area contributed by atoms with Gasteiger partial charge in [-0.15, -0.1) is 0 Å². The average Bonchev–Trinajstić information content (AvgIpc) is 3.34. The largest absolute Gasteiger partial charge is 0.497 e. The molecule has 1 saturated carbocycles. The molecule has 8 nitrogen and oxygen atoms in total. The van der Waals surface area contributed by atoms with Crippen LogP contribution in [0.5, 0.6) is 5.75 Å². The first-order valence-electron chi connectivity index (χ1n) is 12.0. The molecule has 1 atom stereocenters. The molecule has 3 rings (SSSR count). The maximum atomic E-state index is 13.7. The van der Waals surface area contributed by atoms with Crippen LogP contribution in [0.25, 0.3) is 0 Å². The SMILES string of the molecule is COc1cccc(CN(C(=O)CN(c2cc(Cl)ccc2C)S(C)(=O)=O)[C@@H](C)C(=O)NC2CCCC2)c1. The fourth-order valence-corrected chi connectivity index (χ4v) is 5.45. The minimum Gasteiger partial charge on any atom is -0.497 e. The van der Waals surface area contributed by atoms with Gasteiger partial charge in [-0.1, -0.05) is 42.6 Å². The molecule has 36 heavy (non-hydrogen) atoms. The number of anilines is 1. The molecule has 1 fully saturated rings. The predicted octanol–water partition coefficient (Wildman–Crippen LogP) is 3.90. The molecule has 0 bridgehead atoms. The topological polar surface area (TPSA) is 96.0 Å². The van der Waals surface area contributed by atoms with Crippen LogP contribution in [0, 0.1) is 6.92 Å². The molecule has 0 aromatic heterocycles. The second-order valence-corrected chi connectivity index (χ2v) is 11.6. The lowest BCUT2D eigenvalue weighted by molar-refractivity contribution is -0.139. The van der Waals surface area contributed by atoms with Crippen LogP contribution in [0.1, 0.15) is 43.7 Å². The van der Waals surface area contributed by atoms with Gasteiger partial charge in [-0.05, 0) is 62.1 Å². The molecule has 0 aliphatic heterocycles. The van der Waals surface area contributed by atoms with Crippen molar-refractivity contribution in [2.24, 2.45) is 0 Å². The van der Waals surface area contributed by atoms with Crippen LogP contribution in [0.4, 0.5) is 5.69 Å². The zero-order chi connectivity index (χ0) is 26.5. The number of hydrogen-bond donors (Lipinski definition) is 1. The molecule has 196 valence electrons. The number of halogens is 1. The van der Waals surface area contributed by atoms with Gasteiger partial charge in [0.2, 0.25) is 21.8 Å². The lowest BCUT2D eigenvalue weighted by Crippen LogP contribution is -2.52. The van der Waals surface area contributed by atoms with Gasteiger partial charge in [0.1, 0.15) is 18.3 Å². The first-order chi connectivity index (χ1) is 17.0. The number of hydrogen-bond acceptors (Lipinski definition) is 5. The normalized spacial score (nSPS) is 14.8. The average molecular weight is 536 g/mol. The van der Waals surface area contributed by atoms with Gasteiger partial charge in [-0.3, -0.25) is 13.9 Å². The van der Waals surface area contributed by atoms with Crippen LogP contribution in [0.2, 0.25) is 5.02 Å². The van der Waals surface area contributed by atoms with Gasteiger partial charge >= 0.3 is 0 Å². The Labute approximate surface area is 218 Å². The van der Waals surface area contributed by atoms with Crippen LogP contribution < -0.4 is 14.4 Å². The van der Waals surface area contributed by atoms with E-state index in [0.29, 0.717) is 22.0 Å². The van der Waals surface area contributed by atoms with Crippen molar-refractivity contribution in [1.82, 2.24) is 10.2 Å². The standard InChI is InChI=1S/C26H34ClN3O5S/c1-18-12-13-21(27)15-24(18)30(36(4,33)34)17-25(31)29(16-20-8-7-11-23(14-20)35-3)19(2)26(32)28-22-9-5-6-10-22/h7-8,11-15,19,22H,5-6,9-10,16-17H2,1-4H3,(H,28,32)/t19-/m0/s1. The Kier molecular flexibility index (Phi) is 9.24. The number of carbonyl (C=O) groups is 2. The minimum absolute atomic E-state index is 0.0929. The van der Waals surface area contributed by atoms with E-state index < -0.39 is 28.5 Å². The van der Waals surface area contributed by atoms with Crippen molar-refractivity contribution in [3.8, 4) is 5.75 Å². The Hall–Kier alpha value is -2.78. The summed E-state index contributed by atoms with van der Waals surface area (Å²) < 4.78 is 31.8. The van der Waals surface area contributed by atoms with E-state index in [1.807, 2.05) is 6.07 Å². The van der Waals surface area contributed by atoms with E-state index in [4.69, 9.17) is 16.3 Å². The van der Waals surface area contributed by atoms with Crippen molar-refractivity contribution in [2.75, 3.05) is 24.2 Å². The molecule has 2 aromatic carbocycles. The molecule has 2 amide bonds. The predicted molar refractivity (Wildman–Crippen MR) is 142 cm³/mol. The van der Waals surface area contributed by atoms with Gasteiger partial charge in [0.05, 0.1) is 19.1 Å². The van der Waals surface area contributed by atoms with Crippen LogP contribution in [-0.2, 0) is 26.2 Å². The smallest absolute Gasteiger partial charge is 0.244 e. The van der Waals surface area contributed by atoms with E-state index in [-0.39, 0.29) is 18.5 Å². The molecular weight excluding hydrogens is 502 g/mol. The van der Waals surface area contributed by atoms with Crippen molar-refractivity contribution in [1.29, 1.82) is 0 Å². The zero-order valence-corrected chi connectivity index (χ0v) is 22.7. The van der Waals surface area contributed by atoms with Crippen molar-refractivity contribution >= 4 is 39.1 Å². The summed E-state index contributed by atoms with van der Waals surface area (Å²) in [4.78, 5) is 28.2. The van der Waals surface area contributed by atoms with Crippen LogP contribution in [-0.4, -0.2) is 57.1 Å². The number of rotatable bonds is 10. The van der Waals surface area contributed by atoms with E-state index >= 15 is 0 Å². The number of amides is 2. The number of sulfonamides is 1. The molecule has 0 unspecified atom stereocenters. The molecule has 0 spiro atoms. The molecule has 1 N–H and O–H groups in total. The van der Waals surface area contributed by atoms with Gasteiger partial charge in [-0.25, -0.2) is 8.42 Å². The fourth-order valence-electron chi connectivity index (χ4n) is 4.39. The van der Waals surface area contributed by atoms with E-state index in [1.54, 1.807) is 51.3 Å². The highest BCUT2D eigenvalue weighted by Crippen LogP contribution is 2.27. The molecular formula is C26H34ClN3O5S. The molecule has 1 aliphatic rings. The molecule has 0 radical (unpaired) electrons. The molecule has 10 heteroatoms. The van der Waals surface area contributed by atoms with Crippen LogP contribution in [0.15, 0.2) is 42.5 Å². The number of ether oxygens (including phenoxy) is 1. The Morgan fingerprint density at radius 1 is 1.17 bits per heavy atom. The van der Waals surface area contributed by atoms with E-state index in [9.17, 15) is 18.0 Å². The monoisotopic (exact) mass is 535 g/mol. The van der Waals surface area contributed by atoms with Gasteiger partial charge < -0.3 is 15.0 Å². The highest BCUT2D eigenvalue weighted by Gasteiger charge is 2.32. The number of methoxy groups -OCH3 is 1. The van der Waals surface area contributed by atoms with Gasteiger partial charge in [-0.2, -0.15) is 0 Å². The molecule has 0 saturated heterocycles. The van der Waals surface area contributed by atoms with Crippen molar-refractivity contribution < 1.29 is 22.7 Å². The third kappa shape index (κ3) is 7.13. The Balaban J connectivity index is 1.92. The van der Waals surface area contributed by atoms with Gasteiger partial charge in [0.15, 0.2) is 0 Å². The van der Waals surface area contributed by atoms with Crippen molar-refractivity contribution in [2.45, 2.75) is 58.2 Å². The highest BCUT2D eigenvalue weighted by atomic mass is 35.5. The Morgan fingerprint density at radius 2 is 1.86 bits per heavy atom. The highest BCUT2D eigenvalue weighted by molar-refractivity contribution is 7.92. The first-order valence-corrected chi connectivity index (χ1v) is 14.2. The minimum atomic E-state index is -3.83. The number of benzene rings is 2. The maximum absolute atomic E-state index is 13.7. The second-order valence-electron chi connectivity index (χ2n) is 9.24. The zero-order valence-electron chi connectivity index (χ0n) is 21.2. The summed E-state index contributed by atoms with van der Waals surface area (Å²) >= 11 is 6.14. The summed E-state index contributed by atoms with van der Waals surface area (Å²) in [5.41, 5.74) is 1.74. The van der Waals surface area contributed by atoms with Crippen molar-refractivity contribution in [3.63, 3.8) is 0 Å². The molecule has 1 aliphatic carbocycles. The van der Waals surface area contributed by atoms with E-state index in [2.05, 4.69) is 5.32 Å². The molecule has 2 aromatic rings. The quantitative estimate of drug-likeness (QED) is 0.498. The van der Waals surface area contributed by atoms with E-state index in [1.165, 1.54) is 11.0 Å². The lowest BCUT2D eigenvalue weighted by atomic mass is 10.1. The summed E-state index contributed by atoms with van der Waals surface area (Å²) in [7, 11) is -2.27.